The van der Waals surface area contributed by atoms with Gasteiger partial charge < -0.3 is 10.3 Å². The van der Waals surface area contributed by atoms with Crippen molar-refractivity contribution in [3.8, 4) is 33.9 Å². The number of aromatic amines is 2. The Bertz CT molecular complexity index is 1540. The van der Waals surface area contributed by atoms with Gasteiger partial charge in [-0.25, -0.2) is 9.97 Å². The molecule has 0 spiro atoms. The lowest BCUT2D eigenvalue weighted by molar-refractivity contribution is 0.762. The molecule has 0 amide bonds. The van der Waals surface area contributed by atoms with Crippen LogP contribution in [-0.2, 0) is 0 Å². The molecule has 35 heavy (non-hydrogen) atoms. The lowest BCUT2D eigenvalue weighted by Gasteiger charge is -2.01. The Balaban J connectivity index is 0.000000464. The van der Waals surface area contributed by atoms with Crippen LogP contribution in [0.15, 0.2) is 79.4 Å². The van der Waals surface area contributed by atoms with Crippen molar-refractivity contribution >= 4 is 22.1 Å². The van der Waals surface area contributed by atoms with Gasteiger partial charge >= 0.3 is 0 Å². The maximum absolute atomic E-state index is 4.88. The van der Waals surface area contributed by atoms with Gasteiger partial charge in [0, 0.05) is 41.5 Å². The Labute approximate surface area is 202 Å². The number of H-pyrrole nitrogens is 2. The van der Waals surface area contributed by atoms with Gasteiger partial charge in [0.05, 0.1) is 22.1 Å². The van der Waals surface area contributed by atoms with E-state index in [1.54, 1.807) is 12.4 Å². The Hall–Kier alpha value is -4.43. The quantitative estimate of drug-likeness (QED) is 0.323. The zero-order valence-corrected chi connectivity index (χ0v) is 19.7. The minimum atomic E-state index is 0.642. The molecular formula is C27H26N8. The summed E-state index contributed by atoms with van der Waals surface area (Å²) in [6, 6.07) is 17.9. The summed E-state index contributed by atoms with van der Waals surface area (Å²) in [6.07, 6.45) is 7.17. The van der Waals surface area contributed by atoms with Gasteiger partial charge in [0.25, 0.3) is 0 Å². The Morgan fingerprint density at radius 1 is 0.857 bits per heavy atom. The van der Waals surface area contributed by atoms with Crippen molar-refractivity contribution in [2.24, 2.45) is 0 Å². The molecule has 5 aromatic heterocycles. The molecular weight excluding hydrogens is 436 g/mol. The highest BCUT2D eigenvalue weighted by atomic mass is 15.2. The first kappa shape index (κ1) is 22.4. The summed E-state index contributed by atoms with van der Waals surface area (Å²) in [5, 5.41) is 11.5. The number of para-hydroxylation sites is 1. The minimum absolute atomic E-state index is 0.642. The van der Waals surface area contributed by atoms with E-state index in [-0.39, 0.29) is 0 Å². The third-order valence-electron chi connectivity index (χ3n) is 5.59. The molecule has 0 saturated carbocycles. The van der Waals surface area contributed by atoms with Crippen LogP contribution in [0.25, 0.3) is 56.0 Å². The summed E-state index contributed by atoms with van der Waals surface area (Å²) in [6.45, 7) is 6.39. The number of imidazole rings is 1. The predicted octanol–water partition coefficient (Wildman–Crippen LogP) is 5.24. The number of hydrogen-bond donors (Lipinski definition) is 3. The molecule has 3 N–H and O–H groups in total. The van der Waals surface area contributed by atoms with E-state index in [9.17, 15) is 0 Å². The molecule has 8 heteroatoms. The van der Waals surface area contributed by atoms with Crippen LogP contribution in [-0.4, -0.2) is 48.2 Å². The zero-order valence-electron chi connectivity index (χ0n) is 19.7. The van der Waals surface area contributed by atoms with Crippen molar-refractivity contribution in [2.75, 3.05) is 13.1 Å². The van der Waals surface area contributed by atoms with Gasteiger partial charge in [0.1, 0.15) is 5.69 Å². The fourth-order valence-corrected chi connectivity index (χ4v) is 3.90. The largest absolute Gasteiger partial charge is 0.337 e. The fourth-order valence-electron chi connectivity index (χ4n) is 3.90. The van der Waals surface area contributed by atoms with Crippen molar-refractivity contribution in [2.45, 2.75) is 13.8 Å². The van der Waals surface area contributed by atoms with Crippen molar-refractivity contribution in [3.63, 3.8) is 0 Å². The summed E-state index contributed by atoms with van der Waals surface area (Å²) in [7, 11) is 0. The molecule has 5 heterocycles. The molecule has 0 aliphatic rings. The fraction of sp³-hybridized carbons (Fsp3) is 0.148. The van der Waals surface area contributed by atoms with Crippen LogP contribution in [0.4, 0.5) is 0 Å². The molecule has 0 aliphatic carbocycles. The molecule has 0 radical (unpaired) electrons. The second-order valence-corrected chi connectivity index (χ2v) is 7.89. The summed E-state index contributed by atoms with van der Waals surface area (Å²) in [5.41, 5.74) is 7.08. The first-order valence-corrected chi connectivity index (χ1v) is 11.6. The van der Waals surface area contributed by atoms with E-state index >= 15 is 0 Å². The zero-order chi connectivity index (χ0) is 24.0. The molecule has 6 rings (SSSR count). The molecule has 6 aromatic rings. The van der Waals surface area contributed by atoms with Crippen LogP contribution in [0.5, 0.6) is 0 Å². The molecule has 0 unspecified atom stereocenters. The Kier molecular flexibility index (Phi) is 6.54. The summed E-state index contributed by atoms with van der Waals surface area (Å²) >= 11 is 0. The van der Waals surface area contributed by atoms with E-state index in [1.807, 2.05) is 60.9 Å². The lowest BCUT2D eigenvalue weighted by Crippen LogP contribution is -2.09. The second-order valence-electron chi connectivity index (χ2n) is 7.89. The number of rotatable bonds is 5. The normalized spacial score (nSPS) is 10.9. The van der Waals surface area contributed by atoms with Crippen molar-refractivity contribution in [1.82, 2.24) is 40.4 Å². The van der Waals surface area contributed by atoms with E-state index in [0.717, 1.165) is 57.6 Å². The molecule has 0 fully saturated rings. The number of nitrogens with zero attached hydrogens (tertiary/aromatic N) is 5. The maximum atomic E-state index is 4.88. The predicted molar refractivity (Wildman–Crippen MR) is 140 cm³/mol. The maximum Gasteiger partial charge on any atom is 0.181 e. The van der Waals surface area contributed by atoms with E-state index < -0.39 is 0 Å². The standard InChI is InChI=1S/C23H15N7.C4H11N/c1-2-10-25-18(7-1)16-6-3-8-19-20(16)28-23(27-19)21-17-11-15(13-26-22(17)30-29-21)14-5-4-9-24-12-14;1-3-5-4-2/h1-13H,(H,27,28)(H,26,29,30);5H,3-4H2,1-2H3. The third-order valence-corrected chi connectivity index (χ3v) is 5.59. The second kappa shape index (κ2) is 10.2. The molecule has 174 valence electrons. The molecule has 0 bridgehead atoms. The van der Waals surface area contributed by atoms with Gasteiger partial charge in [0.2, 0.25) is 0 Å². The number of nitrogens with one attached hydrogen (secondary N) is 3. The number of hydrogen-bond acceptors (Lipinski definition) is 6. The van der Waals surface area contributed by atoms with Crippen LogP contribution in [0.3, 0.4) is 0 Å². The van der Waals surface area contributed by atoms with E-state index in [2.05, 4.69) is 55.4 Å². The monoisotopic (exact) mass is 462 g/mol. The molecule has 1 aromatic carbocycles. The Morgan fingerprint density at radius 3 is 2.51 bits per heavy atom. The van der Waals surface area contributed by atoms with Gasteiger partial charge in [-0.15, -0.1) is 0 Å². The van der Waals surface area contributed by atoms with Crippen LogP contribution in [0.2, 0.25) is 0 Å². The summed E-state index contributed by atoms with van der Waals surface area (Å²) < 4.78 is 0. The topological polar surface area (TPSA) is 108 Å². The highest BCUT2D eigenvalue weighted by molar-refractivity contribution is 5.96. The molecule has 0 aliphatic heterocycles. The van der Waals surface area contributed by atoms with Gasteiger partial charge in [-0.05, 0) is 43.4 Å². The van der Waals surface area contributed by atoms with Crippen LogP contribution < -0.4 is 5.32 Å². The average Bonchev–Trinajstić information content (AvgIpc) is 3.54. The van der Waals surface area contributed by atoms with Crippen LogP contribution in [0.1, 0.15) is 13.8 Å². The van der Waals surface area contributed by atoms with Gasteiger partial charge in [-0.2, -0.15) is 5.10 Å². The lowest BCUT2D eigenvalue weighted by atomic mass is 10.1. The number of benzene rings is 1. The Morgan fingerprint density at radius 2 is 1.77 bits per heavy atom. The highest BCUT2D eigenvalue weighted by Gasteiger charge is 2.16. The number of pyridine rings is 3. The van der Waals surface area contributed by atoms with E-state index in [1.165, 1.54) is 0 Å². The van der Waals surface area contributed by atoms with Gasteiger partial charge in [0.15, 0.2) is 11.5 Å². The van der Waals surface area contributed by atoms with E-state index in [0.29, 0.717) is 11.5 Å². The van der Waals surface area contributed by atoms with Gasteiger partial charge in [-0.1, -0.05) is 38.1 Å². The first-order chi connectivity index (χ1) is 17.3. The SMILES string of the molecule is CCNCC.c1ccc(-c2cccc3[nH]c(-c4[nH]nc5ncc(-c6cccnc6)cc45)nc23)nc1. The van der Waals surface area contributed by atoms with Crippen molar-refractivity contribution in [3.05, 3.63) is 79.4 Å². The average molecular weight is 463 g/mol. The number of fused-ring (bicyclic) bond motifs is 2. The first-order valence-electron chi connectivity index (χ1n) is 11.6. The van der Waals surface area contributed by atoms with Crippen LogP contribution in [0, 0.1) is 0 Å². The van der Waals surface area contributed by atoms with Crippen molar-refractivity contribution < 1.29 is 0 Å². The summed E-state index contributed by atoms with van der Waals surface area (Å²) in [4.78, 5) is 21.5. The van der Waals surface area contributed by atoms with E-state index in [4.69, 9.17) is 4.98 Å². The highest BCUT2D eigenvalue weighted by Crippen LogP contribution is 2.31. The number of aromatic nitrogens is 7. The molecule has 0 saturated heterocycles. The summed E-state index contributed by atoms with van der Waals surface area (Å²) in [5.74, 6) is 0.709. The van der Waals surface area contributed by atoms with Crippen molar-refractivity contribution in [1.29, 1.82) is 0 Å². The smallest absolute Gasteiger partial charge is 0.181 e. The van der Waals surface area contributed by atoms with Gasteiger partial charge in [-0.3, -0.25) is 15.1 Å². The minimum Gasteiger partial charge on any atom is -0.337 e. The molecule has 0 atom stereocenters. The third kappa shape index (κ3) is 4.64. The molecule has 8 nitrogen and oxygen atoms in total. The van der Waals surface area contributed by atoms with Crippen LogP contribution >= 0.6 is 0 Å².